The quantitative estimate of drug-likeness (QED) is 0.745. The van der Waals surface area contributed by atoms with Gasteiger partial charge >= 0.3 is 6.36 Å². The van der Waals surface area contributed by atoms with E-state index in [1.807, 2.05) is 0 Å². The summed E-state index contributed by atoms with van der Waals surface area (Å²) in [5.74, 6) is -0.429. The first kappa shape index (κ1) is 19.6. The van der Waals surface area contributed by atoms with Crippen LogP contribution < -0.4 is 10.1 Å². The van der Waals surface area contributed by atoms with E-state index in [9.17, 15) is 21.6 Å². The average Bonchev–Trinajstić information content (AvgIpc) is 2.56. The molecule has 136 valence electrons. The number of allylic oxidation sites excluding steroid dienone is 1. The Labute approximate surface area is 152 Å². The third kappa shape index (κ3) is 5.15. The topological polar surface area (TPSA) is 79.2 Å². The molecule has 26 heavy (non-hydrogen) atoms. The zero-order chi connectivity index (χ0) is 19.4. The number of hydrogen-bond acceptors (Lipinski definition) is 5. The van der Waals surface area contributed by atoms with E-state index < -0.39 is 26.9 Å². The van der Waals surface area contributed by atoms with E-state index in [2.05, 4.69) is 10.1 Å². The molecule has 0 spiro atoms. The molecule has 0 atom stereocenters. The van der Waals surface area contributed by atoms with E-state index >= 15 is 0 Å². The molecule has 0 unspecified atom stereocenters. The lowest BCUT2D eigenvalue weighted by Crippen LogP contribution is -2.16. The van der Waals surface area contributed by atoms with E-state index in [0.29, 0.717) is 5.02 Å². The fourth-order valence-electron chi connectivity index (χ4n) is 1.81. The Morgan fingerprint density at radius 3 is 2.19 bits per heavy atom. The molecule has 0 saturated carbocycles. The Hall–Kier alpha value is -2.70. The molecule has 0 aromatic heterocycles. The van der Waals surface area contributed by atoms with Gasteiger partial charge in [-0.3, -0.25) is 0 Å². The molecule has 0 aliphatic carbocycles. The van der Waals surface area contributed by atoms with Crippen molar-refractivity contribution >= 4 is 27.1 Å². The second-order valence-electron chi connectivity index (χ2n) is 4.79. The molecule has 1 N–H and O–H groups in total. The van der Waals surface area contributed by atoms with Crippen molar-refractivity contribution in [2.75, 3.05) is 5.32 Å². The molecule has 0 saturated heterocycles. The van der Waals surface area contributed by atoms with E-state index in [0.717, 1.165) is 18.3 Å². The van der Waals surface area contributed by atoms with Crippen molar-refractivity contribution in [3.8, 4) is 11.8 Å². The second kappa shape index (κ2) is 7.68. The maximum Gasteiger partial charge on any atom is 0.573 e. The number of sulfone groups is 1. The van der Waals surface area contributed by atoms with Gasteiger partial charge in [-0.05, 0) is 48.5 Å². The molecule has 0 amide bonds. The normalized spacial score (nSPS) is 12.3. The highest BCUT2D eigenvalue weighted by Gasteiger charge is 2.30. The van der Waals surface area contributed by atoms with E-state index in [1.54, 1.807) is 6.07 Å². The monoisotopic (exact) mass is 402 g/mol. The minimum atomic E-state index is -4.81. The molecule has 10 heteroatoms. The van der Waals surface area contributed by atoms with E-state index in [4.69, 9.17) is 16.9 Å². The van der Waals surface area contributed by atoms with Gasteiger partial charge in [0.2, 0.25) is 9.84 Å². The number of alkyl halides is 3. The molecular formula is C16H10ClF3N2O3S. The minimum Gasteiger partial charge on any atom is -0.406 e. The van der Waals surface area contributed by atoms with Gasteiger partial charge < -0.3 is 10.1 Å². The predicted molar refractivity (Wildman–Crippen MR) is 89.1 cm³/mol. The zero-order valence-electron chi connectivity index (χ0n) is 12.8. The third-order valence-corrected chi connectivity index (χ3v) is 4.91. The first-order valence-corrected chi connectivity index (χ1v) is 8.71. The van der Waals surface area contributed by atoms with Crippen molar-refractivity contribution in [2.45, 2.75) is 11.3 Å². The van der Waals surface area contributed by atoms with Crippen LogP contribution in [0.1, 0.15) is 0 Å². The maximum atomic E-state index is 12.4. The van der Waals surface area contributed by atoms with Crippen molar-refractivity contribution in [1.29, 1.82) is 5.26 Å². The number of rotatable bonds is 5. The van der Waals surface area contributed by atoms with E-state index in [-0.39, 0.29) is 10.6 Å². The van der Waals surface area contributed by atoms with Crippen LogP contribution in [0.3, 0.4) is 0 Å². The number of halogens is 4. The van der Waals surface area contributed by atoms with Gasteiger partial charge in [-0.25, -0.2) is 8.42 Å². The summed E-state index contributed by atoms with van der Waals surface area (Å²) >= 11 is 5.70. The highest BCUT2D eigenvalue weighted by Crippen LogP contribution is 2.25. The Morgan fingerprint density at radius 2 is 1.69 bits per heavy atom. The highest BCUT2D eigenvalue weighted by molar-refractivity contribution is 7.95. The molecule has 0 heterocycles. The number of nitrogens with zero attached hydrogens (tertiary/aromatic N) is 1. The molecule has 2 rings (SSSR count). The number of benzene rings is 2. The van der Waals surface area contributed by atoms with Crippen molar-refractivity contribution in [1.82, 2.24) is 0 Å². The lowest BCUT2D eigenvalue weighted by atomic mass is 10.3. The highest BCUT2D eigenvalue weighted by atomic mass is 35.5. The Kier molecular flexibility index (Phi) is 5.79. The number of nitriles is 1. The van der Waals surface area contributed by atoms with Crippen molar-refractivity contribution in [3.05, 3.63) is 64.7 Å². The van der Waals surface area contributed by atoms with Gasteiger partial charge in [0.1, 0.15) is 11.8 Å². The molecule has 5 nitrogen and oxygen atoms in total. The maximum absolute atomic E-state index is 12.4. The number of hydrogen-bond donors (Lipinski definition) is 1. The van der Waals surface area contributed by atoms with Crippen LogP contribution in [0.4, 0.5) is 18.9 Å². The van der Waals surface area contributed by atoms with Crippen molar-refractivity contribution < 1.29 is 26.3 Å². The Bertz CT molecular complexity index is 948. The lowest BCUT2D eigenvalue weighted by Gasteiger charge is -2.09. The summed E-state index contributed by atoms with van der Waals surface area (Å²) in [6.07, 6.45) is -3.86. The number of ether oxygens (including phenoxy) is 1. The molecule has 0 aliphatic heterocycles. The minimum absolute atomic E-state index is 0.120. The van der Waals surface area contributed by atoms with Gasteiger partial charge in [0.15, 0.2) is 4.91 Å². The van der Waals surface area contributed by atoms with Crippen LogP contribution in [0.15, 0.2) is 64.5 Å². The van der Waals surface area contributed by atoms with Gasteiger partial charge in [-0.15, -0.1) is 13.2 Å². The van der Waals surface area contributed by atoms with Crippen molar-refractivity contribution in [2.24, 2.45) is 0 Å². The predicted octanol–water partition coefficient (Wildman–Crippen LogP) is 4.49. The van der Waals surface area contributed by atoms with Gasteiger partial charge in [-0.2, -0.15) is 5.26 Å². The lowest BCUT2D eigenvalue weighted by molar-refractivity contribution is -0.274. The smallest absolute Gasteiger partial charge is 0.406 e. The van der Waals surface area contributed by atoms with Gasteiger partial charge in [-0.1, -0.05) is 11.6 Å². The summed E-state index contributed by atoms with van der Waals surface area (Å²) in [5.41, 5.74) is 0.263. The fourth-order valence-corrected chi connectivity index (χ4v) is 3.02. The van der Waals surface area contributed by atoms with Crippen LogP contribution in [-0.4, -0.2) is 14.8 Å². The molecule has 2 aromatic rings. The summed E-state index contributed by atoms with van der Waals surface area (Å²) in [5, 5.41) is 12.0. The first-order chi connectivity index (χ1) is 12.1. The van der Waals surface area contributed by atoms with Gasteiger partial charge in [0.05, 0.1) is 4.90 Å². The first-order valence-electron chi connectivity index (χ1n) is 6.85. The zero-order valence-corrected chi connectivity index (χ0v) is 14.4. The van der Waals surface area contributed by atoms with Crippen LogP contribution in [0.5, 0.6) is 5.75 Å². The molecule has 0 bridgehead atoms. The summed E-state index contributed by atoms with van der Waals surface area (Å²) in [4.78, 5) is -0.694. The third-order valence-electron chi connectivity index (χ3n) is 2.98. The summed E-state index contributed by atoms with van der Waals surface area (Å²) in [7, 11) is -4.06. The molecule has 0 radical (unpaired) electrons. The van der Waals surface area contributed by atoms with Crippen LogP contribution in [-0.2, 0) is 9.84 Å². The molecule has 0 aliphatic rings. The van der Waals surface area contributed by atoms with Crippen molar-refractivity contribution in [3.63, 3.8) is 0 Å². The second-order valence-corrected chi connectivity index (χ2v) is 7.15. The van der Waals surface area contributed by atoms with Gasteiger partial charge in [0, 0.05) is 16.9 Å². The average molecular weight is 403 g/mol. The molecule has 2 aromatic carbocycles. The summed E-state index contributed by atoms with van der Waals surface area (Å²) < 4.78 is 64.8. The molecule has 0 fully saturated rings. The van der Waals surface area contributed by atoms with Crippen LogP contribution in [0.25, 0.3) is 0 Å². The van der Waals surface area contributed by atoms with Crippen LogP contribution in [0.2, 0.25) is 5.02 Å². The summed E-state index contributed by atoms with van der Waals surface area (Å²) in [6, 6.07) is 11.4. The SMILES string of the molecule is N#C/C(=C\Nc1ccc(OC(F)(F)F)cc1)S(=O)(=O)c1ccc(Cl)cc1. The number of anilines is 1. The molecular weight excluding hydrogens is 393 g/mol. The fraction of sp³-hybridized carbons (Fsp3) is 0.0625. The Balaban J connectivity index is 2.19. The van der Waals surface area contributed by atoms with Crippen LogP contribution in [0, 0.1) is 11.3 Å². The summed E-state index contributed by atoms with van der Waals surface area (Å²) in [6.45, 7) is 0. The van der Waals surface area contributed by atoms with E-state index in [1.165, 1.54) is 36.4 Å². The van der Waals surface area contributed by atoms with Crippen LogP contribution >= 0.6 is 11.6 Å². The van der Waals surface area contributed by atoms with Gasteiger partial charge in [0.25, 0.3) is 0 Å². The largest absolute Gasteiger partial charge is 0.573 e. The Morgan fingerprint density at radius 1 is 1.12 bits per heavy atom. The number of nitrogens with one attached hydrogen (secondary N) is 1. The standard InChI is InChI=1S/C16H10ClF3N2O3S/c17-11-1-7-14(8-2-11)26(23,24)15(9-21)10-22-12-3-5-13(6-4-12)25-16(18,19)20/h1-8,10,22H/b15-10+.